The Kier molecular flexibility index (Phi) is 8.31. The largest absolute Gasteiger partial charge is 0.454 e. The minimum absolute atomic E-state index is 0.154. The second kappa shape index (κ2) is 11.6. The SMILES string of the molecule is CC.COCc1ccc(C(=N)O/C(N)=N/C2N=C(c3ccccc3)c3ccccc3NC2=O)o1. The normalized spacial score (nSPS) is 15.1. The number of hydrogen-bond donors (Lipinski definition) is 3. The lowest BCUT2D eigenvalue weighted by Gasteiger charge is -2.09. The predicted octanol–water partition coefficient (Wildman–Crippen LogP) is 3.92. The van der Waals surface area contributed by atoms with Crippen LogP contribution in [-0.2, 0) is 20.9 Å². The number of fused-ring (bicyclic) bond motifs is 1. The van der Waals surface area contributed by atoms with Crippen LogP contribution in [0.15, 0.2) is 81.1 Å². The van der Waals surface area contributed by atoms with Crippen molar-refractivity contribution in [2.24, 2.45) is 15.7 Å². The molecule has 1 aliphatic rings. The summed E-state index contributed by atoms with van der Waals surface area (Å²) in [5.41, 5.74) is 8.67. The Bertz CT molecular complexity index is 1200. The molecule has 9 nitrogen and oxygen atoms in total. The van der Waals surface area contributed by atoms with Gasteiger partial charge in [-0.2, -0.15) is 4.99 Å². The number of anilines is 1. The summed E-state index contributed by atoms with van der Waals surface area (Å²) in [4.78, 5) is 21.5. The van der Waals surface area contributed by atoms with E-state index in [-0.39, 0.29) is 24.3 Å². The maximum absolute atomic E-state index is 12.8. The summed E-state index contributed by atoms with van der Waals surface area (Å²) in [6, 6.07) is 19.7. The number of amidine groups is 1. The quantitative estimate of drug-likeness (QED) is 0.391. The standard InChI is InChI=1S/C23H21N5O4.C2H6/c1-30-13-15-11-12-18(31-15)20(24)32-23(25)28-21-22(29)26-17-10-6-5-9-16(17)19(27-21)14-7-3-2-4-8-14;1-2/h2-12,21,24H,13H2,1H3,(H2,25,28)(H,26,29);1-2H3. The van der Waals surface area contributed by atoms with Crippen LogP contribution < -0.4 is 11.1 Å². The van der Waals surface area contributed by atoms with Crippen molar-refractivity contribution in [2.45, 2.75) is 26.6 Å². The number of hydrogen-bond acceptors (Lipinski definition) is 7. The number of aliphatic imine (C=N–C) groups is 2. The van der Waals surface area contributed by atoms with Gasteiger partial charge >= 0.3 is 0 Å². The van der Waals surface area contributed by atoms with E-state index < -0.39 is 12.1 Å². The molecule has 1 unspecified atom stereocenters. The van der Waals surface area contributed by atoms with Gasteiger partial charge in [0.25, 0.3) is 17.8 Å². The molecule has 0 aliphatic carbocycles. The first-order chi connectivity index (χ1) is 16.5. The fraction of sp³-hybridized carbons (Fsp3) is 0.200. The summed E-state index contributed by atoms with van der Waals surface area (Å²) in [5, 5.41) is 10.9. The summed E-state index contributed by atoms with van der Waals surface area (Å²) < 4.78 is 15.7. The van der Waals surface area contributed by atoms with Gasteiger partial charge in [-0.25, -0.2) is 4.99 Å². The molecule has 0 fully saturated rings. The molecule has 0 saturated carbocycles. The van der Waals surface area contributed by atoms with Gasteiger partial charge < -0.3 is 24.9 Å². The van der Waals surface area contributed by atoms with E-state index in [9.17, 15) is 4.79 Å². The summed E-state index contributed by atoms with van der Waals surface area (Å²) in [5.74, 6) is -0.134. The number of furan rings is 1. The highest BCUT2D eigenvalue weighted by Gasteiger charge is 2.26. The van der Waals surface area contributed by atoms with Gasteiger partial charge in [-0.1, -0.05) is 62.4 Å². The van der Waals surface area contributed by atoms with Crippen LogP contribution in [0.3, 0.4) is 0 Å². The van der Waals surface area contributed by atoms with Crippen molar-refractivity contribution in [3.8, 4) is 0 Å². The fourth-order valence-electron chi connectivity index (χ4n) is 3.18. The molecule has 0 saturated heterocycles. The summed E-state index contributed by atoms with van der Waals surface area (Å²) in [7, 11) is 1.54. The number of nitrogens with one attached hydrogen (secondary N) is 2. The minimum Gasteiger partial charge on any atom is -0.454 e. The third-order valence-electron chi connectivity index (χ3n) is 4.60. The van der Waals surface area contributed by atoms with Crippen LogP contribution in [0.25, 0.3) is 0 Å². The van der Waals surface area contributed by atoms with Crippen LogP contribution in [0.2, 0.25) is 0 Å². The molecule has 4 N–H and O–H groups in total. The van der Waals surface area contributed by atoms with E-state index in [1.165, 1.54) is 7.11 Å². The van der Waals surface area contributed by atoms with Crippen molar-refractivity contribution in [2.75, 3.05) is 12.4 Å². The summed E-state index contributed by atoms with van der Waals surface area (Å²) in [6.45, 7) is 4.26. The van der Waals surface area contributed by atoms with E-state index in [1.54, 1.807) is 18.2 Å². The number of nitrogens with zero attached hydrogens (tertiary/aromatic N) is 2. The van der Waals surface area contributed by atoms with E-state index in [1.807, 2.05) is 62.4 Å². The molecule has 1 amide bonds. The molecule has 1 aliphatic heterocycles. The number of ether oxygens (including phenoxy) is 2. The molecule has 9 heteroatoms. The zero-order valence-electron chi connectivity index (χ0n) is 19.2. The lowest BCUT2D eigenvalue weighted by molar-refractivity contribution is -0.117. The van der Waals surface area contributed by atoms with Gasteiger partial charge in [0.05, 0.1) is 11.4 Å². The number of carbonyl (C=O) groups is 1. The molecule has 3 aromatic rings. The maximum atomic E-state index is 12.8. The van der Waals surface area contributed by atoms with Gasteiger partial charge in [0.1, 0.15) is 12.4 Å². The Morgan fingerprint density at radius 3 is 2.56 bits per heavy atom. The highest BCUT2D eigenvalue weighted by Crippen LogP contribution is 2.24. The van der Waals surface area contributed by atoms with Gasteiger partial charge in [-0.3, -0.25) is 10.2 Å². The number of rotatable bonds is 5. The highest BCUT2D eigenvalue weighted by molar-refractivity contribution is 6.19. The van der Waals surface area contributed by atoms with Crippen LogP contribution in [-0.4, -0.2) is 36.8 Å². The number of nitrogens with two attached hydrogens (primary N) is 1. The maximum Gasteiger partial charge on any atom is 0.291 e. The Morgan fingerprint density at radius 2 is 1.82 bits per heavy atom. The molecule has 0 spiro atoms. The number of benzodiazepines with no additional fused rings is 1. The Balaban J connectivity index is 0.00000158. The average Bonchev–Trinajstić information content (AvgIpc) is 3.28. The van der Waals surface area contributed by atoms with Gasteiger partial charge in [0.15, 0.2) is 5.76 Å². The predicted molar refractivity (Wildman–Crippen MR) is 131 cm³/mol. The Morgan fingerprint density at radius 1 is 1.12 bits per heavy atom. The lowest BCUT2D eigenvalue weighted by atomic mass is 10.0. The van der Waals surface area contributed by atoms with E-state index in [4.69, 9.17) is 25.0 Å². The Labute approximate surface area is 197 Å². The van der Waals surface area contributed by atoms with Crippen LogP contribution >= 0.6 is 0 Å². The number of benzene rings is 2. The van der Waals surface area contributed by atoms with Crippen molar-refractivity contribution >= 4 is 29.2 Å². The molecule has 4 rings (SSSR count). The van der Waals surface area contributed by atoms with Gasteiger partial charge in [-0.05, 0) is 18.2 Å². The zero-order chi connectivity index (χ0) is 24.5. The third kappa shape index (κ3) is 5.76. The summed E-state index contributed by atoms with van der Waals surface area (Å²) >= 11 is 0. The Hall–Kier alpha value is -4.24. The van der Waals surface area contributed by atoms with Crippen molar-refractivity contribution in [3.63, 3.8) is 0 Å². The van der Waals surface area contributed by atoms with Crippen LogP contribution in [0.1, 0.15) is 36.5 Å². The molecule has 1 atom stereocenters. The lowest BCUT2D eigenvalue weighted by Crippen LogP contribution is -2.29. The van der Waals surface area contributed by atoms with E-state index in [0.29, 0.717) is 17.2 Å². The monoisotopic (exact) mass is 461 g/mol. The van der Waals surface area contributed by atoms with Crippen molar-refractivity contribution in [3.05, 3.63) is 89.4 Å². The van der Waals surface area contributed by atoms with Crippen molar-refractivity contribution in [1.82, 2.24) is 0 Å². The van der Waals surface area contributed by atoms with E-state index >= 15 is 0 Å². The van der Waals surface area contributed by atoms with Crippen LogP contribution in [0.4, 0.5) is 5.69 Å². The first-order valence-corrected chi connectivity index (χ1v) is 10.8. The van der Waals surface area contributed by atoms with Crippen LogP contribution in [0.5, 0.6) is 0 Å². The molecule has 2 aromatic carbocycles. The minimum atomic E-state index is -1.20. The molecular formula is C25H27N5O4. The average molecular weight is 462 g/mol. The first kappa shape index (κ1) is 24.4. The third-order valence-corrected chi connectivity index (χ3v) is 4.60. The molecule has 176 valence electrons. The zero-order valence-corrected chi connectivity index (χ0v) is 19.2. The molecular weight excluding hydrogens is 434 g/mol. The van der Waals surface area contributed by atoms with Gasteiger partial charge in [0, 0.05) is 18.2 Å². The number of carbonyl (C=O) groups excluding carboxylic acids is 1. The highest BCUT2D eigenvalue weighted by atomic mass is 16.5. The molecule has 1 aromatic heterocycles. The first-order valence-electron chi connectivity index (χ1n) is 10.8. The summed E-state index contributed by atoms with van der Waals surface area (Å²) in [6.07, 6.45) is -1.20. The molecule has 0 bridgehead atoms. The second-order valence-electron chi connectivity index (χ2n) is 6.85. The molecule has 2 heterocycles. The van der Waals surface area contributed by atoms with Crippen molar-refractivity contribution < 1.29 is 18.7 Å². The molecule has 34 heavy (non-hydrogen) atoms. The van der Waals surface area contributed by atoms with E-state index in [0.717, 1.165) is 11.1 Å². The molecule has 0 radical (unpaired) electrons. The number of methoxy groups -OCH3 is 1. The smallest absolute Gasteiger partial charge is 0.291 e. The fourth-order valence-corrected chi connectivity index (χ4v) is 3.18. The van der Waals surface area contributed by atoms with Gasteiger partial charge in [-0.15, -0.1) is 0 Å². The number of amides is 1. The van der Waals surface area contributed by atoms with Crippen LogP contribution in [0, 0.1) is 5.41 Å². The van der Waals surface area contributed by atoms with Crippen molar-refractivity contribution in [1.29, 1.82) is 5.41 Å². The van der Waals surface area contributed by atoms with E-state index in [2.05, 4.69) is 15.3 Å². The second-order valence-corrected chi connectivity index (χ2v) is 6.85. The topological polar surface area (TPSA) is 135 Å². The number of para-hydroxylation sites is 1. The van der Waals surface area contributed by atoms with Gasteiger partial charge in [0.2, 0.25) is 6.17 Å².